The number of para-hydroxylation sites is 1. The van der Waals surface area contributed by atoms with E-state index in [4.69, 9.17) is 22.4 Å². The summed E-state index contributed by atoms with van der Waals surface area (Å²) in [6, 6.07) is 16.4. The van der Waals surface area contributed by atoms with Crippen LogP contribution in [-0.2, 0) is 0 Å². The van der Waals surface area contributed by atoms with Gasteiger partial charge in [0.15, 0.2) is 5.11 Å². The second-order valence-corrected chi connectivity index (χ2v) is 6.76. The van der Waals surface area contributed by atoms with E-state index in [9.17, 15) is 9.90 Å². The Bertz CT molecular complexity index is 1080. The highest BCUT2D eigenvalue weighted by Crippen LogP contribution is 2.36. The fourth-order valence-electron chi connectivity index (χ4n) is 3.17. The van der Waals surface area contributed by atoms with Crippen molar-refractivity contribution < 1.29 is 9.52 Å². The Morgan fingerprint density at radius 1 is 1.21 bits per heavy atom. The minimum absolute atomic E-state index is 0.0651. The summed E-state index contributed by atoms with van der Waals surface area (Å²) in [6.07, 6.45) is 1.02. The Balaban J connectivity index is 2.15. The Morgan fingerprint density at radius 3 is 2.57 bits per heavy atom. The summed E-state index contributed by atoms with van der Waals surface area (Å²) in [5, 5.41) is 15.7. The first kappa shape index (κ1) is 19.6. The average molecular weight is 395 g/mol. The van der Waals surface area contributed by atoms with Crippen molar-refractivity contribution in [2.24, 2.45) is 10.8 Å². The van der Waals surface area contributed by atoms with Gasteiger partial charge in [0.2, 0.25) is 0 Å². The number of aromatic hydroxyl groups is 1. The van der Waals surface area contributed by atoms with Crippen LogP contribution in [0.5, 0.6) is 5.75 Å². The molecule has 144 valence electrons. The highest BCUT2D eigenvalue weighted by atomic mass is 32.1. The molecule has 1 aromatic heterocycles. The third kappa shape index (κ3) is 4.20. The molecule has 0 aliphatic carbocycles. The van der Waals surface area contributed by atoms with Gasteiger partial charge in [0.25, 0.3) is 0 Å². The summed E-state index contributed by atoms with van der Waals surface area (Å²) in [6.45, 7) is 1.95. The molecule has 6 nitrogen and oxygen atoms in total. The molecule has 7 heteroatoms. The van der Waals surface area contributed by atoms with Crippen molar-refractivity contribution >= 4 is 34.0 Å². The molecule has 0 bridgehead atoms. The maximum absolute atomic E-state index is 12.8. The van der Waals surface area contributed by atoms with Crippen LogP contribution in [-0.4, -0.2) is 15.9 Å². The van der Waals surface area contributed by atoms with Gasteiger partial charge in [-0.1, -0.05) is 49.4 Å². The molecule has 0 unspecified atom stereocenters. The van der Waals surface area contributed by atoms with E-state index in [1.165, 1.54) is 0 Å². The molecular weight excluding hydrogens is 374 g/mol. The Morgan fingerprint density at radius 2 is 1.89 bits per heavy atom. The summed E-state index contributed by atoms with van der Waals surface area (Å²) in [4.78, 5) is 12.8. The van der Waals surface area contributed by atoms with Crippen LogP contribution in [0.1, 0.15) is 36.8 Å². The summed E-state index contributed by atoms with van der Waals surface area (Å²) in [7, 11) is 0. The van der Waals surface area contributed by atoms with Crippen molar-refractivity contribution in [1.82, 2.24) is 5.43 Å². The molecule has 28 heavy (non-hydrogen) atoms. The van der Waals surface area contributed by atoms with Crippen LogP contribution < -0.4 is 16.8 Å². The van der Waals surface area contributed by atoms with E-state index >= 15 is 0 Å². The van der Waals surface area contributed by atoms with Crippen LogP contribution in [0.25, 0.3) is 11.0 Å². The second-order valence-electron chi connectivity index (χ2n) is 6.32. The van der Waals surface area contributed by atoms with Crippen molar-refractivity contribution in [2.45, 2.75) is 25.7 Å². The number of hydrazone groups is 1. The first-order valence-corrected chi connectivity index (χ1v) is 9.32. The lowest BCUT2D eigenvalue weighted by Crippen LogP contribution is -2.26. The van der Waals surface area contributed by atoms with Gasteiger partial charge in [-0.2, -0.15) is 5.10 Å². The first-order chi connectivity index (χ1) is 13.5. The lowest BCUT2D eigenvalue weighted by Gasteiger charge is -2.19. The number of nitrogens with one attached hydrogen (secondary N) is 1. The number of benzene rings is 2. The first-order valence-electron chi connectivity index (χ1n) is 8.91. The fraction of sp³-hybridized carbons (Fsp3) is 0.190. The lowest BCUT2D eigenvalue weighted by atomic mass is 9.86. The normalized spacial score (nSPS) is 12.7. The van der Waals surface area contributed by atoms with Crippen LogP contribution >= 0.6 is 12.2 Å². The molecule has 3 rings (SSSR count). The van der Waals surface area contributed by atoms with Crippen molar-refractivity contribution in [2.75, 3.05) is 0 Å². The van der Waals surface area contributed by atoms with Gasteiger partial charge < -0.3 is 15.3 Å². The largest absolute Gasteiger partial charge is 0.507 e. The molecule has 0 saturated carbocycles. The summed E-state index contributed by atoms with van der Waals surface area (Å²) in [5.74, 6) is -0.507. The van der Waals surface area contributed by atoms with E-state index in [0.29, 0.717) is 23.8 Å². The Labute approximate surface area is 167 Å². The molecule has 0 amide bonds. The van der Waals surface area contributed by atoms with Gasteiger partial charge in [-0.3, -0.25) is 5.43 Å². The van der Waals surface area contributed by atoms with Crippen LogP contribution in [0.4, 0.5) is 0 Å². The van der Waals surface area contributed by atoms with Gasteiger partial charge in [0.1, 0.15) is 11.3 Å². The van der Waals surface area contributed by atoms with Crippen molar-refractivity contribution in [3.8, 4) is 5.75 Å². The Kier molecular flexibility index (Phi) is 6.06. The smallest absolute Gasteiger partial charge is 0.343 e. The summed E-state index contributed by atoms with van der Waals surface area (Å²) in [5.41, 5.74) is 9.68. The van der Waals surface area contributed by atoms with Crippen LogP contribution in [0, 0.1) is 0 Å². The molecular formula is C21H21N3O3S. The monoisotopic (exact) mass is 395 g/mol. The van der Waals surface area contributed by atoms with Crippen molar-refractivity contribution in [3.05, 3.63) is 76.1 Å². The maximum atomic E-state index is 12.8. The van der Waals surface area contributed by atoms with Crippen molar-refractivity contribution in [1.29, 1.82) is 0 Å². The summed E-state index contributed by atoms with van der Waals surface area (Å²) >= 11 is 4.81. The van der Waals surface area contributed by atoms with Gasteiger partial charge in [0, 0.05) is 11.6 Å². The zero-order valence-corrected chi connectivity index (χ0v) is 16.2. The van der Waals surface area contributed by atoms with E-state index in [0.717, 1.165) is 11.3 Å². The van der Waals surface area contributed by atoms with Gasteiger partial charge in [-0.25, -0.2) is 4.79 Å². The standard InChI is InChI=1S/C21H21N3O3S/c1-2-14(23-24-21(22)28)12-16(13-8-4-3-5-9-13)18-19(25)15-10-6-7-11-17(15)27-20(18)26/h3-11,16,25H,2,12H2,1H3,(H3,22,24,28)/t16-/m1/s1. The number of thiocarbonyl (C=S) groups is 1. The third-order valence-corrected chi connectivity index (χ3v) is 4.63. The Hall–Kier alpha value is -3.19. The number of nitrogens with two attached hydrogens (primary N) is 1. The van der Waals surface area contributed by atoms with E-state index in [1.54, 1.807) is 24.3 Å². The topological polar surface area (TPSA) is 101 Å². The predicted octanol–water partition coefficient (Wildman–Crippen LogP) is 3.62. The summed E-state index contributed by atoms with van der Waals surface area (Å²) < 4.78 is 5.48. The molecule has 0 aliphatic rings. The maximum Gasteiger partial charge on any atom is 0.343 e. The van der Waals surface area contributed by atoms with Crippen LogP contribution in [0.15, 0.2) is 68.9 Å². The van der Waals surface area contributed by atoms with Crippen LogP contribution in [0.3, 0.4) is 0 Å². The molecule has 0 saturated heterocycles. The lowest BCUT2D eigenvalue weighted by molar-refractivity contribution is 0.452. The molecule has 0 spiro atoms. The second kappa shape index (κ2) is 8.67. The van der Waals surface area contributed by atoms with Gasteiger partial charge in [-0.05, 0) is 42.8 Å². The third-order valence-electron chi connectivity index (χ3n) is 4.54. The molecule has 4 N–H and O–H groups in total. The van der Waals surface area contributed by atoms with Crippen molar-refractivity contribution in [3.63, 3.8) is 0 Å². The molecule has 0 fully saturated rings. The molecule has 3 aromatic rings. The molecule has 1 atom stereocenters. The highest BCUT2D eigenvalue weighted by molar-refractivity contribution is 7.80. The predicted molar refractivity (Wildman–Crippen MR) is 115 cm³/mol. The van der Waals surface area contributed by atoms with E-state index < -0.39 is 11.5 Å². The molecule has 0 aliphatic heterocycles. The van der Waals surface area contributed by atoms with E-state index in [1.807, 2.05) is 37.3 Å². The molecule has 1 heterocycles. The molecule has 2 aromatic carbocycles. The molecule has 0 radical (unpaired) electrons. The van der Waals surface area contributed by atoms with E-state index in [-0.39, 0.29) is 16.4 Å². The zero-order chi connectivity index (χ0) is 20.1. The minimum Gasteiger partial charge on any atom is -0.507 e. The van der Waals surface area contributed by atoms with Crippen LogP contribution in [0.2, 0.25) is 0 Å². The number of nitrogens with zero attached hydrogens (tertiary/aromatic N) is 1. The fourth-order valence-corrected chi connectivity index (χ4v) is 3.21. The number of fused-ring (bicyclic) bond motifs is 1. The van der Waals surface area contributed by atoms with Gasteiger partial charge in [-0.15, -0.1) is 0 Å². The number of hydrogen-bond donors (Lipinski definition) is 3. The quantitative estimate of drug-likeness (QED) is 0.255. The van der Waals surface area contributed by atoms with E-state index in [2.05, 4.69) is 10.5 Å². The SMILES string of the molecule is CCC(C[C@H](c1ccccc1)c1c(O)c2ccccc2oc1=O)=NNC(N)=S. The number of hydrogen-bond acceptors (Lipinski definition) is 5. The minimum atomic E-state index is -0.567. The average Bonchev–Trinajstić information content (AvgIpc) is 2.70. The number of rotatable bonds is 6. The highest BCUT2D eigenvalue weighted by Gasteiger charge is 2.25. The zero-order valence-electron chi connectivity index (χ0n) is 15.4. The van der Waals surface area contributed by atoms with Gasteiger partial charge in [0.05, 0.1) is 10.9 Å². The van der Waals surface area contributed by atoms with Gasteiger partial charge >= 0.3 is 5.63 Å².